The van der Waals surface area contributed by atoms with E-state index in [-0.39, 0.29) is 11.9 Å². The van der Waals surface area contributed by atoms with E-state index in [1.807, 2.05) is 32.0 Å². The Labute approximate surface area is 84.9 Å². The zero-order valence-electron chi connectivity index (χ0n) is 9.13. The fourth-order valence-corrected chi connectivity index (χ4v) is 1.35. The van der Waals surface area contributed by atoms with Gasteiger partial charge >= 0.3 is 5.97 Å². The average molecular weight is 192 g/mol. The van der Waals surface area contributed by atoms with E-state index in [9.17, 15) is 4.79 Å². The molecule has 0 bridgehead atoms. The van der Waals surface area contributed by atoms with Gasteiger partial charge in [0.05, 0.1) is 13.0 Å². The molecule has 1 atom stereocenters. The molecule has 0 aromatic heterocycles. The third-order valence-electron chi connectivity index (χ3n) is 2.59. The van der Waals surface area contributed by atoms with Crippen LogP contribution in [0.2, 0.25) is 0 Å². The van der Waals surface area contributed by atoms with Crippen LogP contribution >= 0.6 is 0 Å². The molecular weight excluding hydrogens is 176 g/mol. The normalized spacial score (nSPS) is 12.3. The smallest absolute Gasteiger partial charge is 0.312 e. The molecule has 0 amide bonds. The molecule has 1 aromatic carbocycles. The van der Waals surface area contributed by atoms with Gasteiger partial charge in [0, 0.05) is 0 Å². The van der Waals surface area contributed by atoms with Crippen molar-refractivity contribution >= 4 is 5.97 Å². The number of methoxy groups -OCH3 is 1. The summed E-state index contributed by atoms with van der Waals surface area (Å²) < 4.78 is 4.70. The zero-order chi connectivity index (χ0) is 10.7. The van der Waals surface area contributed by atoms with Crippen LogP contribution in [0.1, 0.15) is 29.5 Å². The maximum absolute atomic E-state index is 11.3. The Hall–Kier alpha value is -1.31. The lowest BCUT2D eigenvalue weighted by Crippen LogP contribution is -2.10. The van der Waals surface area contributed by atoms with E-state index < -0.39 is 0 Å². The third kappa shape index (κ3) is 2.13. The number of carbonyl (C=O) groups is 1. The van der Waals surface area contributed by atoms with Crippen molar-refractivity contribution in [2.24, 2.45) is 0 Å². The van der Waals surface area contributed by atoms with E-state index in [4.69, 9.17) is 4.74 Å². The summed E-state index contributed by atoms with van der Waals surface area (Å²) in [5.74, 6) is -0.368. The molecule has 0 aliphatic rings. The van der Waals surface area contributed by atoms with Gasteiger partial charge in [0.2, 0.25) is 0 Å². The molecule has 0 aliphatic carbocycles. The lowest BCUT2D eigenvalue weighted by atomic mass is 9.97. The first-order chi connectivity index (χ1) is 6.56. The molecule has 2 heteroatoms. The predicted octanol–water partition coefficient (Wildman–Crippen LogP) is 2.58. The van der Waals surface area contributed by atoms with Gasteiger partial charge in [-0.15, -0.1) is 0 Å². The highest BCUT2D eigenvalue weighted by molar-refractivity contribution is 5.77. The second-order valence-electron chi connectivity index (χ2n) is 3.59. The average Bonchev–Trinajstić information content (AvgIpc) is 2.20. The van der Waals surface area contributed by atoms with Crippen molar-refractivity contribution in [3.63, 3.8) is 0 Å². The largest absolute Gasteiger partial charge is 0.469 e. The third-order valence-corrected chi connectivity index (χ3v) is 2.59. The molecule has 1 aromatic rings. The standard InChI is InChI=1S/C12H16O2/c1-8-5-6-11(7-9(8)2)10(3)12(13)14-4/h5-7,10H,1-4H3. The lowest BCUT2D eigenvalue weighted by Gasteiger charge is -2.11. The fourth-order valence-electron chi connectivity index (χ4n) is 1.35. The van der Waals surface area contributed by atoms with Gasteiger partial charge < -0.3 is 4.74 Å². The summed E-state index contributed by atoms with van der Waals surface area (Å²) in [6.07, 6.45) is 0. The highest BCUT2D eigenvalue weighted by Gasteiger charge is 2.15. The summed E-state index contributed by atoms with van der Waals surface area (Å²) in [5, 5.41) is 0. The van der Waals surface area contributed by atoms with Crippen molar-refractivity contribution in [1.82, 2.24) is 0 Å². The Bertz CT molecular complexity index is 342. The minimum absolute atomic E-state index is 0.181. The number of benzene rings is 1. The van der Waals surface area contributed by atoms with E-state index in [0.717, 1.165) is 5.56 Å². The summed E-state index contributed by atoms with van der Waals surface area (Å²) in [6.45, 7) is 5.96. The van der Waals surface area contributed by atoms with Gasteiger partial charge in [0.1, 0.15) is 0 Å². The topological polar surface area (TPSA) is 26.3 Å². The van der Waals surface area contributed by atoms with Gasteiger partial charge in [-0.1, -0.05) is 18.2 Å². The van der Waals surface area contributed by atoms with Crippen LogP contribution in [0.15, 0.2) is 18.2 Å². The van der Waals surface area contributed by atoms with Crippen LogP contribution < -0.4 is 0 Å². The molecule has 14 heavy (non-hydrogen) atoms. The second-order valence-corrected chi connectivity index (χ2v) is 3.59. The molecule has 0 radical (unpaired) electrons. The van der Waals surface area contributed by atoms with Crippen molar-refractivity contribution in [2.45, 2.75) is 26.7 Å². The highest BCUT2D eigenvalue weighted by Crippen LogP contribution is 2.19. The van der Waals surface area contributed by atoms with Crippen LogP contribution in [-0.4, -0.2) is 13.1 Å². The molecule has 0 spiro atoms. The van der Waals surface area contributed by atoms with Gasteiger partial charge in [-0.3, -0.25) is 4.79 Å². The van der Waals surface area contributed by atoms with Gasteiger partial charge in [-0.2, -0.15) is 0 Å². The first-order valence-electron chi connectivity index (χ1n) is 4.71. The summed E-state index contributed by atoms with van der Waals surface area (Å²) in [4.78, 5) is 11.3. The SMILES string of the molecule is COC(=O)C(C)c1ccc(C)c(C)c1. The van der Waals surface area contributed by atoms with Crippen LogP contribution in [0.5, 0.6) is 0 Å². The minimum Gasteiger partial charge on any atom is -0.469 e. The molecule has 1 unspecified atom stereocenters. The van der Waals surface area contributed by atoms with E-state index in [1.54, 1.807) is 0 Å². The van der Waals surface area contributed by atoms with E-state index in [0.29, 0.717) is 0 Å². The lowest BCUT2D eigenvalue weighted by molar-refractivity contribution is -0.141. The molecule has 0 fully saturated rings. The number of ether oxygens (including phenoxy) is 1. The summed E-state index contributed by atoms with van der Waals surface area (Å²) in [6, 6.07) is 6.05. The predicted molar refractivity (Wildman–Crippen MR) is 56.3 cm³/mol. The summed E-state index contributed by atoms with van der Waals surface area (Å²) >= 11 is 0. The summed E-state index contributed by atoms with van der Waals surface area (Å²) in [7, 11) is 1.42. The van der Waals surface area contributed by atoms with Crippen molar-refractivity contribution in [2.75, 3.05) is 7.11 Å². The monoisotopic (exact) mass is 192 g/mol. The van der Waals surface area contributed by atoms with Crippen molar-refractivity contribution < 1.29 is 9.53 Å². The quantitative estimate of drug-likeness (QED) is 0.673. The first kappa shape index (κ1) is 10.8. The maximum Gasteiger partial charge on any atom is 0.312 e. The number of esters is 1. The fraction of sp³-hybridized carbons (Fsp3) is 0.417. The molecule has 0 aliphatic heterocycles. The highest BCUT2D eigenvalue weighted by atomic mass is 16.5. The Morgan fingerprint density at radius 2 is 1.93 bits per heavy atom. The number of carbonyl (C=O) groups excluding carboxylic acids is 1. The van der Waals surface area contributed by atoms with Crippen LogP contribution in [0, 0.1) is 13.8 Å². The van der Waals surface area contributed by atoms with Gasteiger partial charge in [-0.25, -0.2) is 0 Å². The number of aryl methyl sites for hydroxylation is 2. The van der Waals surface area contributed by atoms with Crippen molar-refractivity contribution in [3.8, 4) is 0 Å². The zero-order valence-corrected chi connectivity index (χ0v) is 9.13. The molecule has 76 valence electrons. The molecular formula is C12H16O2. The molecule has 0 saturated carbocycles. The van der Waals surface area contributed by atoms with Crippen LogP contribution in [0.25, 0.3) is 0 Å². The number of hydrogen-bond acceptors (Lipinski definition) is 2. The maximum atomic E-state index is 11.3. The molecule has 0 heterocycles. The number of rotatable bonds is 2. The molecule has 0 saturated heterocycles. The Kier molecular flexibility index (Phi) is 3.28. The van der Waals surface area contributed by atoms with Gasteiger partial charge in [0.25, 0.3) is 0 Å². The van der Waals surface area contributed by atoms with Crippen LogP contribution in [0.4, 0.5) is 0 Å². The van der Waals surface area contributed by atoms with Crippen LogP contribution in [-0.2, 0) is 9.53 Å². The Morgan fingerprint density at radius 1 is 1.29 bits per heavy atom. The molecule has 0 N–H and O–H groups in total. The number of hydrogen-bond donors (Lipinski definition) is 0. The molecule has 2 nitrogen and oxygen atoms in total. The molecule has 1 rings (SSSR count). The Balaban J connectivity index is 2.96. The van der Waals surface area contributed by atoms with Crippen molar-refractivity contribution in [3.05, 3.63) is 34.9 Å². The van der Waals surface area contributed by atoms with Gasteiger partial charge in [0.15, 0.2) is 0 Å². The van der Waals surface area contributed by atoms with E-state index >= 15 is 0 Å². The summed E-state index contributed by atoms with van der Waals surface area (Å²) in [5.41, 5.74) is 3.46. The Morgan fingerprint density at radius 3 is 2.43 bits per heavy atom. The van der Waals surface area contributed by atoms with Gasteiger partial charge in [-0.05, 0) is 37.5 Å². The first-order valence-corrected chi connectivity index (χ1v) is 4.71. The van der Waals surface area contributed by atoms with Crippen LogP contribution in [0.3, 0.4) is 0 Å². The van der Waals surface area contributed by atoms with E-state index in [1.165, 1.54) is 18.2 Å². The van der Waals surface area contributed by atoms with E-state index in [2.05, 4.69) is 6.92 Å². The second kappa shape index (κ2) is 4.27. The van der Waals surface area contributed by atoms with Crippen molar-refractivity contribution in [1.29, 1.82) is 0 Å². The minimum atomic E-state index is -0.187.